The maximum atomic E-state index is 5.95. The Kier molecular flexibility index (Phi) is 3.09. The second-order valence-corrected chi connectivity index (χ2v) is 4.68. The summed E-state index contributed by atoms with van der Waals surface area (Å²) in [5.74, 6) is 0.893. The van der Waals surface area contributed by atoms with Crippen molar-refractivity contribution in [1.29, 1.82) is 0 Å². The van der Waals surface area contributed by atoms with Crippen molar-refractivity contribution < 1.29 is 0 Å². The van der Waals surface area contributed by atoms with Crippen molar-refractivity contribution in [3.63, 3.8) is 0 Å². The number of rotatable bonds is 3. The highest BCUT2D eigenvalue weighted by Crippen LogP contribution is 2.24. The highest BCUT2D eigenvalue weighted by molar-refractivity contribution is 4.94. The van der Waals surface area contributed by atoms with Crippen LogP contribution in [0.15, 0.2) is 12.4 Å². The minimum Gasteiger partial charge on any atom is -0.347 e. The molecular formula is C10H19N3. The van der Waals surface area contributed by atoms with Crippen LogP contribution < -0.4 is 5.73 Å². The fraction of sp³-hybridized carbons (Fsp3) is 0.700. The quantitative estimate of drug-likeness (QED) is 0.751. The maximum Gasteiger partial charge on any atom is 0.123 e. The fourth-order valence-electron chi connectivity index (χ4n) is 1.21. The summed E-state index contributed by atoms with van der Waals surface area (Å²) in [7, 11) is 0. The van der Waals surface area contributed by atoms with Crippen LogP contribution in [0.4, 0.5) is 0 Å². The molecule has 74 valence electrons. The largest absolute Gasteiger partial charge is 0.347 e. The molecule has 0 fully saturated rings. The van der Waals surface area contributed by atoms with Crippen molar-refractivity contribution in [2.45, 2.75) is 39.7 Å². The Morgan fingerprint density at radius 2 is 2.23 bits per heavy atom. The van der Waals surface area contributed by atoms with Crippen molar-refractivity contribution in [3.8, 4) is 0 Å². The zero-order valence-corrected chi connectivity index (χ0v) is 8.67. The standard InChI is InChI=1S/C10H19N3/c1-10(2,3)5-4-8(11)9-12-6-7-13-9/h6-8H,4-5,11H2,1-3H3,(H,12,13)/t8-/m1/s1. The van der Waals surface area contributed by atoms with Crippen molar-refractivity contribution in [3.05, 3.63) is 18.2 Å². The van der Waals surface area contributed by atoms with Gasteiger partial charge in [-0.25, -0.2) is 4.98 Å². The summed E-state index contributed by atoms with van der Waals surface area (Å²) < 4.78 is 0. The third-order valence-corrected chi connectivity index (χ3v) is 2.08. The van der Waals surface area contributed by atoms with Crippen molar-refractivity contribution in [2.24, 2.45) is 11.1 Å². The fourth-order valence-corrected chi connectivity index (χ4v) is 1.21. The number of hydrogen-bond donors (Lipinski definition) is 2. The highest BCUT2D eigenvalue weighted by atomic mass is 14.9. The summed E-state index contributed by atoms with van der Waals surface area (Å²) in [4.78, 5) is 7.17. The minimum absolute atomic E-state index is 0.0502. The third kappa shape index (κ3) is 3.59. The number of hydrogen-bond acceptors (Lipinski definition) is 2. The number of H-pyrrole nitrogens is 1. The van der Waals surface area contributed by atoms with E-state index in [9.17, 15) is 0 Å². The Hall–Kier alpha value is -0.830. The van der Waals surface area contributed by atoms with Crippen molar-refractivity contribution in [2.75, 3.05) is 0 Å². The number of aromatic nitrogens is 2. The van der Waals surface area contributed by atoms with E-state index in [1.807, 2.05) is 6.20 Å². The van der Waals surface area contributed by atoms with Crippen LogP contribution in [0.3, 0.4) is 0 Å². The van der Waals surface area contributed by atoms with Gasteiger partial charge in [0.15, 0.2) is 0 Å². The molecule has 0 aliphatic heterocycles. The van der Waals surface area contributed by atoms with Gasteiger partial charge in [0.2, 0.25) is 0 Å². The van der Waals surface area contributed by atoms with Crippen LogP contribution in [0.25, 0.3) is 0 Å². The third-order valence-electron chi connectivity index (χ3n) is 2.08. The van der Waals surface area contributed by atoms with E-state index in [4.69, 9.17) is 5.73 Å². The van der Waals surface area contributed by atoms with Crippen molar-refractivity contribution >= 4 is 0 Å². The average molecular weight is 181 g/mol. The molecule has 3 nitrogen and oxygen atoms in total. The van der Waals surface area contributed by atoms with Gasteiger partial charge in [-0.3, -0.25) is 0 Å². The van der Waals surface area contributed by atoms with Gasteiger partial charge < -0.3 is 10.7 Å². The molecule has 0 radical (unpaired) electrons. The molecule has 1 atom stereocenters. The van der Waals surface area contributed by atoms with Gasteiger partial charge >= 0.3 is 0 Å². The molecule has 0 unspecified atom stereocenters. The van der Waals surface area contributed by atoms with Crippen molar-refractivity contribution in [1.82, 2.24) is 9.97 Å². The molecule has 0 aliphatic rings. The summed E-state index contributed by atoms with van der Waals surface area (Å²) in [6.07, 6.45) is 5.66. The average Bonchev–Trinajstić information content (AvgIpc) is 2.50. The first-order valence-corrected chi connectivity index (χ1v) is 4.74. The Labute approximate surface area is 79.8 Å². The first-order valence-electron chi connectivity index (χ1n) is 4.74. The Balaban J connectivity index is 2.39. The summed E-state index contributed by atoms with van der Waals surface area (Å²) in [6, 6.07) is 0.0502. The van der Waals surface area contributed by atoms with Crippen LogP contribution in [0.5, 0.6) is 0 Å². The van der Waals surface area contributed by atoms with Gasteiger partial charge in [-0.15, -0.1) is 0 Å². The van der Waals surface area contributed by atoms with Gasteiger partial charge in [0.05, 0.1) is 6.04 Å². The van der Waals surface area contributed by atoms with Gasteiger partial charge in [0.1, 0.15) is 5.82 Å². The first kappa shape index (κ1) is 10.3. The minimum atomic E-state index is 0.0502. The topological polar surface area (TPSA) is 54.7 Å². The van der Waals surface area contributed by atoms with E-state index in [0.717, 1.165) is 18.7 Å². The number of nitrogens with zero attached hydrogens (tertiary/aromatic N) is 1. The molecular weight excluding hydrogens is 162 g/mol. The molecule has 0 saturated carbocycles. The highest BCUT2D eigenvalue weighted by Gasteiger charge is 2.14. The summed E-state index contributed by atoms with van der Waals surface area (Å²) in [6.45, 7) is 6.67. The number of aromatic amines is 1. The lowest BCUT2D eigenvalue weighted by Crippen LogP contribution is -2.15. The van der Waals surface area contributed by atoms with E-state index >= 15 is 0 Å². The van der Waals surface area contributed by atoms with Gasteiger partial charge in [-0.2, -0.15) is 0 Å². The Bertz CT molecular complexity index is 233. The Morgan fingerprint density at radius 3 is 2.69 bits per heavy atom. The second-order valence-electron chi connectivity index (χ2n) is 4.68. The molecule has 0 spiro atoms. The van der Waals surface area contributed by atoms with Crippen LogP contribution in [0, 0.1) is 5.41 Å². The Morgan fingerprint density at radius 1 is 1.54 bits per heavy atom. The predicted octanol–water partition coefficient (Wildman–Crippen LogP) is 2.24. The summed E-state index contributed by atoms with van der Waals surface area (Å²) in [5.41, 5.74) is 6.30. The number of nitrogens with two attached hydrogens (primary N) is 1. The van der Waals surface area contributed by atoms with Gasteiger partial charge in [0, 0.05) is 12.4 Å². The molecule has 1 aromatic rings. The van der Waals surface area contributed by atoms with E-state index in [2.05, 4.69) is 30.7 Å². The lowest BCUT2D eigenvalue weighted by Gasteiger charge is -2.19. The molecule has 0 amide bonds. The second kappa shape index (κ2) is 3.92. The van der Waals surface area contributed by atoms with Crippen LogP contribution in [0.2, 0.25) is 0 Å². The zero-order chi connectivity index (χ0) is 9.90. The maximum absolute atomic E-state index is 5.95. The molecule has 0 bridgehead atoms. The molecule has 1 rings (SSSR count). The van der Waals surface area contributed by atoms with E-state index < -0.39 is 0 Å². The van der Waals surface area contributed by atoms with E-state index in [1.54, 1.807) is 6.20 Å². The van der Waals surface area contributed by atoms with Crippen LogP contribution in [-0.4, -0.2) is 9.97 Å². The molecule has 0 saturated heterocycles. The molecule has 0 aromatic carbocycles. The van der Waals surface area contributed by atoms with Gasteiger partial charge in [-0.05, 0) is 18.3 Å². The lowest BCUT2D eigenvalue weighted by atomic mass is 9.89. The summed E-state index contributed by atoms with van der Waals surface area (Å²) >= 11 is 0. The smallest absolute Gasteiger partial charge is 0.123 e. The van der Waals surface area contributed by atoms with E-state index in [1.165, 1.54) is 0 Å². The molecule has 13 heavy (non-hydrogen) atoms. The van der Waals surface area contributed by atoms with Crippen LogP contribution in [0.1, 0.15) is 45.5 Å². The molecule has 1 aromatic heterocycles. The molecule has 3 heteroatoms. The number of imidazole rings is 1. The SMILES string of the molecule is CC(C)(C)CC[C@@H](N)c1ncc[nH]1. The van der Waals surface area contributed by atoms with Gasteiger partial charge in [0.25, 0.3) is 0 Å². The van der Waals surface area contributed by atoms with E-state index in [-0.39, 0.29) is 6.04 Å². The predicted molar refractivity (Wildman–Crippen MR) is 54.2 cm³/mol. The number of nitrogens with one attached hydrogen (secondary N) is 1. The van der Waals surface area contributed by atoms with Gasteiger partial charge in [-0.1, -0.05) is 20.8 Å². The monoisotopic (exact) mass is 181 g/mol. The van der Waals surface area contributed by atoms with E-state index in [0.29, 0.717) is 5.41 Å². The van der Waals surface area contributed by atoms with Crippen LogP contribution in [-0.2, 0) is 0 Å². The first-order chi connectivity index (χ1) is 5.99. The molecule has 1 heterocycles. The summed E-state index contributed by atoms with van der Waals surface area (Å²) in [5, 5.41) is 0. The zero-order valence-electron chi connectivity index (χ0n) is 8.67. The molecule has 3 N–H and O–H groups in total. The normalized spacial score (nSPS) is 14.5. The van der Waals surface area contributed by atoms with Crippen LogP contribution >= 0.6 is 0 Å². The lowest BCUT2D eigenvalue weighted by molar-refractivity contribution is 0.347. The molecule has 0 aliphatic carbocycles.